The number of anilines is 2. The number of halogens is 1. The van der Waals surface area contributed by atoms with Crippen LogP contribution in [0.25, 0.3) is 0 Å². The Morgan fingerprint density at radius 3 is 2.48 bits per heavy atom. The van der Waals surface area contributed by atoms with Crippen LogP contribution < -0.4 is 15.5 Å². The molecule has 2 aromatic carbocycles. The Balaban J connectivity index is 1.95. The molecule has 0 aliphatic rings. The van der Waals surface area contributed by atoms with E-state index in [9.17, 15) is 14.0 Å². The van der Waals surface area contributed by atoms with E-state index >= 15 is 0 Å². The van der Waals surface area contributed by atoms with Gasteiger partial charge in [-0.05, 0) is 61.7 Å². The quantitative estimate of drug-likeness (QED) is 0.536. The van der Waals surface area contributed by atoms with E-state index in [4.69, 9.17) is 0 Å². The van der Waals surface area contributed by atoms with Gasteiger partial charge in [-0.3, -0.25) is 9.69 Å². The number of hydrogen-bond acceptors (Lipinski definition) is 2. The zero-order valence-corrected chi connectivity index (χ0v) is 17.2. The Morgan fingerprint density at radius 2 is 1.79 bits per heavy atom. The summed E-state index contributed by atoms with van der Waals surface area (Å²) in [6.07, 6.45) is 4.14. The Bertz CT molecular complexity index is 793. The maximum atomic E-state index is 13.3. The van der Waals surface area contributed by atoms with Gasteiger partial charge in [0.25, 0.3) is 0 Å². The lowest BCUT2D eigenvalue weighted by atomic mass is 10.2. The number of unbranched alkanes of at least 4 members (excludes halogenated alkanes) is 2. The third kappa shape index (κ3) is 7.94. The van der Waals surface area contributed by atoms with Crippen LogP contribution in [0, 0.1) is 12.7 Å². The first kappa shape index (κ1) is 22.4. The van der Waals surface area contributed by atoms with Gasteiger partial charge < -0.3 is 10.6 Å². The Morgan fingerprint density at radius 1 is 1.03 bits per heavy atom. The van der Waals surface area contributed by atoms with Gasteiger partial charge in [-0.15, -0.1) is 0 Å². The second-order valence-corrected chi connectivity index (χ2v) is 7.09. The highest BCUT2D eigenvalue weighted by Crippen LogP contribution is 2.18. The number of nitrogens with zero attached hydrogens (tertiary/aromatic N) is 1. The van der Waals surface area contributed by atoms with Crippen LogP contribution in [0.15, 0.2) is 48.5 Å². The predicted octanol–water partition coefficient (Wildman–Crippen LogP) is 5.26. The molecule has 156 valence electrons. The summed E-state index contributed by atoms with van der Waals surface area (Å²) >= 11 is 0. The first-order valence-corrected chi connectivity index (χ1v) is 10.2. The number of carbonyl (C=O) groups is 2. The van der Waals surface area contributed by atoms with Crippen LogP contribution in [-0.2, 0) is 4.79 Å². The molecule has 6 heteroatoms. The zero-order chi connectivity index (χ0) is 21.1. The average molecular weight is 400 g/mol. The minimum absolute atomic E-state index is 0.0380. The van der Waals surface area contributed by atoms with E-state index in [1.54, 1.807) is 17.0 Å². The summed E-state index contributed by atoms with van der Waals surface area (Å²) in [5, 5.41) is 5.78. The number of benzene rings is 2. The first-order valence-electron chi connectivity index (χ1n) is 10.2. The maximum absolute atomic E-state index is 13.3. The van der Waals surface area contributed by atoms with Crippen LogP contribution in [0.3, 0.4) is 0 Å². The van der Waals surface area contributed by atoms with Crippen LogP contribution >= 0.6 is 0 Å². The van der Waals surface area contributed by atoms with Gasteiger partial charge in [0.05, 0.1) is 0 Å². The highest BCUT2D eigenvalue weighted by molar-refractivity contribution is 6.01. The van der Waals surface area contributed by atoms with Gasteiger partial charge >= 0.3 is 6.03 Å². The van der Waals surface area contributed by atoms with Crippen molar-refractivity contribution in [1.29, 1.82) is 0 Å². The third-order valence-electron chi connectivity index (χ3n) is 4.54. The highest BCUT2D eigenvalue weighted by Gasteiger charge is 2.16. The highest BCUT2D eigenvalue weighted by atomic mass is 19.1. The number of rotatable bonds is 10. The fourth-order valence-corrected chi connectivity index (χ4v) is 2.97. The van der Waals surface area contributed by atoms with Crippen molar-refractivity contribution >= 4 is 23.3 Å². The van der Waals surface area contributed by atoms with Crippen LogP contribution in [0.2, 0.25) is 0 Å². The number of aryl methyl sites for hydroxylation is 1. The molecule has 0 radical (unpaired) electrons. The first-order chi connectivity index (χ1) is 14.0. The minimum atomic E-state index is -0.355. The van der Waals surface area contributed by atoms with Crippen molar-refractivity contribution in [2.45, 2.75) is 46.0 Å². The maximum Gasteiger partial charge on any atom is 0.326 e. The van der Waals surface area contributed by atoms with Gasteiger partial charge in [-0.2, -0.15) is 0 Å². The lowest BCUT2D eigenvalue weighted by Crippen LogP contribution is -2.37. The standard InChI is InChI=1S/C23H30FN3O2/c1-3-4-5-10-22(28)25-15-7-16-27(21-13-11-19(24)12-14-21)23(29)26-20-9-6-8-18(2)17-20/h6,8-9,11-14,17H,3-5,7,10,15-16H2,1-2H3,(H,25,28)(H,26,29). The second kappa shape index (κ2) is 11.8. The van der Waals surface area contributed by atoms with Crippen molar-refractivity contribution in [2.75, 3.05) is 23.3 Å². The third-order valence-corrected chi connectivity index (χ3v) is 4.54. The van der Waals surface area contributed by atoms with Gasteiger partial charge in [0.2, 0.25) is 5.91 Å². The molecule has 0 saturated carbocycles. The van der Waals surface area contributed by atoms with Gasteiger partial charge in [0.1, 0.15) is 5.82 Å². The number of hydrogen-bond donors (Lipinski definition) is 2. The van der Waals surface area contributed by atoms with Crippen LogP contribution in [-0.4, -0.2) is 25.0 Å². The molecule has 0 saturated heterocycles. The molecule has 0 fully saturated rings. The molecule has 0 aliphatic heterocycles. The van der Waals surface area contributed by atoms with Gasteiger partial charge in [-0.25, -0.2) is 9.18 Å². The molecule has 3 amide bonds. The lowest BCUT2D eigenvalue weighted by molar-refractivity contribution is -0.121. The zero-order valence-electron chi connectivity index (χ0n) is 17.2. The summed E-state index contributed by atoms with van der Waals surface area (Å²) in [6.45, 7) is 4.94. The molecule has 0 atom stereocenters. The minimum Gasteiger partial charge on any atom is -0.356 e. The summed E-state index contributed by atoms with van der Waals surface area (Å²) in [7, 11) is 0. The van der Waals surface area contributed by atoms with E-state index in [0.29, 0.717) is 37.3 Å². The molecule has 2 aromatic rings. The molecule has 2 N–H and O–H groups in total. The molecule has 2 rings (SSSR count). The number of amides is 3. The van der Waals surface area contributed by atoms with Crippen molar-refractivity contribution in [2.24, 2.45) is 0 Å². The molecule has 0 bridgehead atoms. The van der Waals surface area contributed by atoms with Crippen molar-refractivity contribution in [3.8, 4) is 0 Å². The van der Waals surface area contributed by atoms with Gasteiger partial charge in [0, 0.05) is 30.9 Å². The molecule has 29 heavy (non-hydrogen) atoms. The molecule has 0 aliphatic carbocycles. The summed E-state index contributed by atoms with van der Waals surface area (Å²) in [6, 6.07) is 13.1. The molecule has 0 heterocycles. The van der Waals surface area contributed by atoms with E-state index < -0.39 is 0 Å². The van der Waals surface area contributed by atoms with E-state index in [0.717, 1.165) is 24.8 Å². The van der Waals surface area contributed by atoms with E-state index in [2.05, 4.69) is 17.6 Å². The Hall–Kier alpha value is -2.89. The van der Waals surface area contributed by atoms with Crippen LogP contribution in [0.1, 0.15) is 44.6 Å². The van der Waals surface area contributed by atoms with Gasteiger partial charge in [0.15, 0.2) is 0 Å². The monoisotopic (exact) mass is 399 g/mol. The normalized spacial score (nSPS) is 10.4. The smallest absolute Gasteiger partial charge is 0.326 e. The molecule has 0 spiro atoms. The number of urea groups is 1. The van der Waals surface area contributed by atoms with E-state index in [1.165, 1.54) is 12.1 Å². The predicted molar refractivity (Wildman–Crippen MR) is 116 cm³/mol. The van der Waals surface area contributed by atoms with Crippen LogP contribution in [0.5, 0.6) is 0 Å². The fraction of sp³-hybridized carbons (Fsp3) is 0.391. The topological polar surface area (TPSA) is 61.4 Å². The molecule has 5 nitrogen and oxygen atoms in total. The SMILES string of the molecule is CCCCCC(=O)NCCCN(C(=O)Nc1cccc(C)c1)c1ccc(F)cc1. The second-order valence-electron chi connectivity index (χ2n) is 7.09. The van der Waals surface area contributed by atoms with Gasteiger partial charge in [-0.1, -0.05) is 31.9 Å². The number of nitrogens with one attached hydrogen (secondary N) is 2. The van der Waals surface area contributed by atoms with Crippen molar-refractivity contribution in [3.63, 3.8) is 0 Å². The van der Waals surface area contributed by atoms with E-state index in [1.807, 2.05) is 31.2 Å². The number of carbonyl (C=O) groups excluding carboxylic acids is 2. The van der Waals surface area contributed by atoms with Crippen molar-refractivity contribution < 1.29 is 14.0 Å². The van der Waals surface area contributed by atoms with Crippen LogP contribution in [0.4, 0.5) is 20.6 Å². The Kier molecular flexibility index (Phi) is 9.15. The summed E-state index contributed by atoms with van der Waals surface area (Å²) in [5.41, 5.74) is 2.35. The largest absolute Gasteiger partial charge is 0.356 e. The lowest BCUT2D eigenvalue weighted by Gasteiger charge is -2.23. The summed E-state index contributed by atoms with van der Waals surface area (Å²) < 4.78 is 13.3. The molecule has 0 aromatic heterocycles. The molecular weight excluding hydrogens is 369 g/mol. The van der Waals surface area contributed by atoms with Crippen molar-refractivity contribution in [1.82, 2.24) is 5.32 Å². The summed E-state index contributed by atoms with van der Waals surface area (Å²) in [5.74, 6) is -0.317. The average Bonchev–Trinajstić information content (AvgIpc) is 2.69. The Labute approximate surface area is 172 Å². The molecule has 0 unspecified atom stereocenters. The summed E-state index contributed by atoms with van der Waals surface area (Å²) in [4.78, 5) is 26.2. The van der Waals surface area contributed by atoms with Crippen molar-refractivity contribution in [3.05, 3.63) is 59.9 Å². The van der Waals surface area contributed by atoms with E-state index in [-0.39, 0.29) is 17.8 Å². The molecular formula is C23H30FN3O2. The fourth-order valence-electron chi connectivity index (χ4n) is 2.97.